The lowest BCUT2D eigenvalue weighted by Gasteiger charge is -2.24. The summed E-state index contributed by atoms with van der Waals surface area (Å²) in [6.45, 7) is 6.81. The fraction of sp³-hybridized carbons (Fsp3) is 0.636. The lowest BCUT2D eigenvalue weighted by Crippen LogP contribution is -2.27. The van der Waals surface area contributed by atoms with E-state index in [0.717, 1.165) is 12.2 Å². The lowest BCUT2D eigenvalue weighted by atomic mass is 10.3. The second kappa shape index (κ2) is 5.53. The zero-order valence-corrected chi connectivity index (χ0v) is 10.4. The van der Waals surface area contributed by atoms with Crippen LogP contribution in [0.2, 0.25) is 0 Å². The summed E-state index contributed by atoms with van der Waals surface area (Å²) in [4.78, 5) is 10.2. The number of hydrogen-bond donors (Lipinski definition) is 1. The first kappa shape index (κ1) is 12.5. The van der Waals surface area contributed by atoms with E-state index in [2.05, 4.69) is 23.8 Å². The number of ether oxygens (including phenoxy) is 1. The number of rotatable bonds is 5. The summed E-state index contributed by atoms with van der Waals surface area (Å²) in [7, 11) is 1.95. The van der Waals surface area contributed by atoms with E-state index >= 15 is 0 Å². The van der Waals surface area contributed by atoms with Crippen LogP contribution in [0.1, 0.15) is 27.2 Å². The van der Waals surface area contributed by atoms with Crippen LogP contribution < -0.4 is 15.4 Å². The molecule has 0 aromatic carbocycles. The molecule has 0 radical (unpaired) electrons. The van der Waals surface area contributed by atoms with Crippen LogP contribution in [0.5, 0.6) is 5.88 Å². The quantitative estimate of drug-likeness (QED) is 0.824. The van der Waals surface area contributed by atoms with Crippen molar-refractivity contribution in [1.29, 1.82) is 0 Å². The Bertz CT molecular complexity index is 341. The number of nitrogen functional groups attached to an aromatic ring is 1. The minimum absolute atomic E-state index is 0.330. The summed E-state index contributed by atoms with van der Waals surface area (Å²) in [6, 6.07) is 0.330. The zero-order chi connectivity index (χ0) is 12.1. The second-order valence-corrected chi connectivity index (χ2v) is 3.97. The average molecular weight is 224 g/mol. The summed E-state index contributed by atoms with van der Waals surface area (Å²) in [6.07, 6.45) is 2.41. The topological polar surface area (TPSA) is 64.3 Å². The van der Waals surface area contributed by atoms with Gasteiger partial charge in [0.25, 0.3) is 0 Å². The van der Waals surface area contributed by atoms with Crippen LogP contribution in [-0.4, -0.2) is 29.7 Å². The smallest absolute Gasteiger partial charge is 0.242 e. The molecule has 0 spiro atoms. The van der Waals surface area contributed by atoms with Crippen molar-refractivity contribution in [3.05, 3.63) is 6.33 Å². The summed E-state index contributed by atoms with van der Waals surface area (Å²) >= 11 is 0. The molecule has 0 saturated carbocycles. The Balaban J connectivity index is 2.94. The Morgan fingerprint density at radius 2 is 2.12 bits per heavy atom. The van der Waals surface area contributed by atoms with E-state index in [0.29, 0.717) is 24.2 Å². The van der Waals surface area contributed by atoms with Gasteiger partial charge in [-0.05, 0) is 20.3 Å². The molecule has 0 fully saturated rings. The minimum Gasteiger partial charge on any atom is -0.476 e. The van der Waals surface area contributed by atoms with Crippen molar-refractivity contribution >= 4 is 11.5 Å². The van der Waals surface area contributed by atoms with Gasteiger partial charge >= 0.3 is 0 Å². The van der Waals surface area contributed by atoms with Gasteiger partial charge in [-0.15, -0.1) is 0 Å². The van der Waals surface area contributed by atoms with Crippen LogP contribution in [0, 0.1) is 0 Å². The predicted octanol–water partition coefficient (Wildman–Crippen LogP) is 1.69. The molecule has 5 heteroatoms. The van der Waals surface area contributed by atoms with E-state index in [1.54, 1.807) is 0 Å². The molecule has 0 unspecified atom stereocenters. The third-order valence-electron chi connectivity index (χ3n) is 2.38. The highest BCUT2D eigenvalue weighted by Gasteiger charge is 2.14. The molecule has 2 N–H and O–H groups in total. The molecule has 5 nitrogen and oxygen atoms in total. The molecule has 1 heterocycles. The molecular formula is C11H20N4O. The van der Waals surface area contributed by atoms with Crippen molar-refractivity contribution in [3.8, 4) is 5.88 Å². The van der Waals surface area contributed by atoms with E-state index in [-0.39, 0.29) is 0 Å². The van der Waals surface area contributed by atoms with E-state index in [1.165, 1.54) is 6.33 Å². The monoisotopic (exact) mass is 224 g/mol. The van der Waals surface area contributed by atoms with E-state index in [1.807, 2.05) is 18.9 Å². The van der Waals surface area contributed by atoms with Crippen LogP contribution in [0.15, 0.2) is 6.33 Å². The highest BCUT2D eigenvalue weighted by Crippen LogP contribution is 2.27. The van der Waals surface area contributed by atoms with Gasteiger partial charge in [0, 0.05) is 13.1 Å². The maximum absolute atomic E-state index is 5.97. The van der Waals surface area contributed by atoms with Gasteiger partial charge in [-0.25, -0.2) is 4.98 Å². The number of anilines is 2. The molecule has 90 valence electrons. The highest BCUT2D eigenvalue weighted by atomic mass is 16.5. The molecule has 0 aliphatic carbocycles. The Morgan fingerprint density at radius 1 is 1.44 bits per heavy atom. The molecule has 0 bridgehead atoms. The zero-order valence-electron chi connectivity index (χ0n) is 10.4. The summed E-state index contributed by atoms with van der Waals surface area (Å²) < 4.78 is 5.45. The summed E-state index contributed by atoms with van der Waals surface area (Å²) in [5.74, 6) is 1.19. The van der Waals surface area contributed by atoms with Gasteiger partial charge in [-0.1, -0.05) is 6.92 Å². The Labute approximate surface area is 96.6 Å². The molecule has 1 aromatic heterocycles. The van der Waals surface area contributed by atoms with Crippen LogP contribution in [0.3, 0.4) is 0 Å². The third-order valence-corrected chi connectivity index (χ3v) is 2.38. The molecular weight excluding hydrogens is 204 g/mol. The maximum atomic E-state index is 5.97. The van der Waals surface area contributed by atoms with Crippen LogP contribution in [-0.2, 0) is 0 Å². The molecule has 0 amide bonds. The average Bonchev–Trinajstić information content (AvgIpc) is 2.26. The lowest BCUT2D eigenvalue weighted by molar-refractivity contribution is 0.306. The van der Waals surface area contributed by atoms with Gasteiger partial charge in [0.2, 0.25) is 5.88 Å². The first-order valence-corrected chi connectivity index (χ1v) is 5.54. The van der Waals surface area contributed by atoms with Gasteiger partial charge in [0.05, 0.1) is 6.61 Å². The van der Waals surface area contributed by atoms with Crippen molar-refractivity contribution in [3.63, 3.8) is 0 Å². The second-order valence-electron chi connectivity index (χ2n) is 3.97. The van der Waals surface area contributed by atoms with Crippen molar-refractivity contribution in [1.82, 2.24) is 9.97 Å². The number of aromatic nitrogens is 2. The Hall–Kier alpha value is -1.52. The van der Waals surface area contributed by atoms with Crippen molar-refractivity contribution < 1.29 is 4.74 Å². The van der Waals surface area contributed by atoms with Gasteiger partial charge in [-0.3, -0.25) is 0 Å². The molecule has 0 aliphatic heterocycles. The Kier molecular flexibility index (Phi) is 4.34. The largest absolute Gasteiger partial charge is 0.476 e. The van der Waals surface area contributed by atoms with Crippen molar-refractivity contribution in [2.45, 2.75) is 33.2 Å². The summed E-state index contributed by atoms with van der Waals surface area (Å²) in [5.41, 5.74) is 6.48. The van der Waals surface area contributed by atoms with Crippen LogP contribution in [0.25, 0.3) is 0 Å². The fourth-order valence-electron chi connectivity index (χ4n) is 1.21. The predicted molar refractivity (Wildman–Crippen MR) is 65.8 cm³/mol. The molecule has 0 saturated heterocycles. The van der Waals surface area contributed by atoms with Crippen LogP contribution in [0.4, 0.5) is 11.5 Å². The molecule has 0 atom stereocenters. The molecule has 1 aromatic rings. The summed E-state index contributed by atoms with van der Waals surface area (Å²) in [5, 5.41) is 0. The highest BCUT2D eigenvalue weighted by molar-refractivity contribution is 5.67. The van der Waals surface area contributed by atoms with Crippen molar-refractivity contribution in [2.75, 3.05) is 24.3 Å². The van der Waals surface area contributed by atoms with E-state index in [9.17, 15) is 0 Å². The van der Waals surface area contributed by atoms with E-state index < -0.39 is 0 Å². The minimum atomic E-state index is 0.330. The van der Waals surface area contributed by atoms with Crippen molar-refractivity contribution in [2.24, 2.45) is 0 Å². The normalized spacial score (nSPS) is 10.6. The number of nitrogens with zero attached hydrogens (tertiary/aromatic N) is 3. The van der Waals surface area contributed by atoms with Gasteiger partial charge in [-0.2, -0.15) is 4.98 Å². The van der Waals surface area contributed by atoms with E-state index in [4.69, 9.17) is 10.5 Å². The third kappa shape index (κ3) is 2.74. The van der Waals surface area contributed by atoms with Gasteiger partial charge in [0.1, 0.15) is 12.0 Å². The maximum Gasteiger partial charge on any atom is 0.242 e. The SMILES string of the molecule is CCCOc1ncnc(N(C)C(C)C)c1N. The fourth-order valence-corrected chi connectivity index (χ4v) is 1.21. The van der Waals surface area contributed by atoms with Crippen LogP contribution >= 0.6 is 0 Å². The van der Waals surface area contributed by atoms with Gasteiger partial charge in [0.15, 0.2) is 5.82 Å². The number of nitrogens with two attached hydrogens (primary N) is 1. The molecule has 0 aliphatic rings. The Morgan fingerprint density at radius 3 is 2.69 bits per heavy atom. The first-order valence-electron chi connectivity index (χ1n) is 5.54. The standard InChI is InChI=1S/C11H20N4O/c1-5-6-16-11-9(12)10(13-7-14-11)15(4)8(2)3/h7-8H,5-6,12H2,1-4H3. The number of hydrogen-bond acceptors (Lipinski definition) is 5. The molecule has 16 heavy (non-hydrogen) atoms. The first-order chi connectivity index (χ1) is 7.57. The molecule has 1 rings (SSSR count). The van der Waals surface area contributed by atoms with Gasteiger partial charge < -0.3 is 15.4 Å².